The van der Waals surface area contributed by atoms with E-state index >= 15 is 0 Å². The summed E-state index contributed by atoms with van der Waals surface area (Å²) in [5.41, 5.74) is 4.94. The maximum Gasteiger partial charge on any atom is 0.241 e. The molecule has 0 spiro atoms. The van der Waals surface area contributed by atoms with Gasteiger partial charge in [-0.3, -0.25) is 0 Å². The van der Waals surface area contributed by atoms with Crippen LogP contribution in [0.25, 0.3) is 27.8 Å². The molecular formula is C21H25N7. The summed E-state index contributed by atoms with van der Waals surface area (Å²) in [4.78, 5) is 13.7. The molecule has 1 aliphatic rings. The number of fused-ring (bicyclic) bond motifs is 2. The lowest BCUT2D eigenvalue weighted by Crippen LogP contribution is -2.19. The van der Waals surface area contributed by atoms with Gasteiger partial charge >= 0.3 is 0 Å². The number of hydrogen-bond acceptors (Lipinski definition) is 5. The zero-order valence-electron chi connectivity index (χ0n) is 16.7. The Morgan fingerprint density at radius 2 is 1.93 bits per heavy atom. The maximum atomic E-state index is 4.64. The van der Waals surface area contributed by atoms with Crippen LogP contribution in [0.2, 0.25) is 0 Å². The third-order valence-corrected chi connectivity index (χ3v) is 5.65. The first-order valence-corrected chi connectivity index (χ1v) is 9.97. The lowest BCUT2D eigenvalue weighted by Gasteiger charge is -2.12. The highest BCUT2D eigenvalue weighted by molar-refractivity contribution is 5.85. The number of nitrogens with one attached hydrogen (secondary N) is 1. The molecule has 1 aliphatic carbocycles. The van der Waals surface area contributed by atoms with Crippen molar-refractivity contribution in [2.45, 2.75) is 52.6 Å². The van der Waals surface area contributed by atoms with Crippen molar-refractivity contribution in [3.63, 3.8) is 0 Å². The van der Waals surface area contributed by atoms with Crippen molar-refractivity contribution in [3.8, 4) is 11.1 Å². The van der Waals surface area contributed by atoms with E-state index in [1.165, 1.54) is 12.8 Å². The van der Waals surface area contributed by atoms with Gasteiger partial charge < -0.3 is 9.88 Å². The van der Waals surface area contributed by atoms with Crippen LogP contribution < -0.4 is 5.32 Å². The molecule has 144 valence electrons. The van der Waals surface area contributed by atoms with Gasteiger partial charge in [0.25, 0.3) is 0 Å². The van der Waals surface area contributed by atoms with E-state index in [1.54, 1.807) is 0 Å². The van der Waals surface area contributed by atoms with Crippen LogP contribution in [0.15, 0.2) is 30.7 Å². The van der Waals surface area contributed by atoms with E-state index in [2.05, 4.69) is 62.8 Å². The number of hydrogen-bond donors (Lipinski definition) is 1. The summed E-state index contributed by atoms with van der Waals surface area (Å²) in [6.45, 7) is 8.56. The van der Waals surface area contributed by atoms with E-state index in [-0.39, 0.29) is 0 Å². The molecule has 4 aromatic heterocycles. The Kier molecular flexibility index (Phi) is 3.86. The first-order chi connectivity index (χ1) is 13.5. The summed E-state index contributed by atoms with van der Waals surface area (Å²) in [6.07, 6.45) is 8.35. The van der Waals surface area contributed by atoms with Gasteiger partial charge in [-0.1, -0.05) is 0 Å². The Bertz CT molecular complexity index is 1170. The zero-order chi connectivity index (χ0) is 19.4. The van der Waals surface area contributed by atoms with Crippen LogP contribution in [0.4, 0.5) is 5.95 Å². The average molecular weight is 375 g/mol. The van der Waals surface area contributed by atoms with Gasteiger partial charge in [0.05, 0.1) is 17.2 Å². The fourth-order valence-electron chi connectivity index (χ4n) is 4.02. The number of anilines is 1. The maximum absolute atomic E-state index is 4.64. The van der Waals surface area contributed by atoms with Gasteiger partial charge in [-0.05, 0) is 58.6 Å². The molecule has 0 aliphatic heterocycles. The normalized spacial score (nSPS) is 15.6. The minimum atomic E-state index is 0.332. The molecule has 1 saturated carbocycles. The van der Waals surface area contributed by atoms with Crippen LogP contribution in [0.1, 0.15) is 45.5 Å². The van der Waals surface area contributed by atoms with Crippen molar-refractivity contribution >= 4 is 22.6 Å². The van der Waals surface area contributed by atoms with Crippen LogP contribution in [0, 0.1) is 12.8 Å². The van der Waals surface area contributed by atoms with Gasteiger partial charge in [-0.15, -0.1) is 5.10 Å². The van der Waals surface area contributed by atoms with Crippen molar-refractivity contribution in [1.82, 2.24) is 29.1 Å². The molecular weight excluding hydrogens is 350 g/mol. The predicted molar refractivity (Wildman–Crippen MR) is 110 cm³/mol. The Hall–Kier alpha value is -2.96. The quantitative estimate of drug-likeness (QED) is 0.565. The number of rotatable bonds is 5. The number of imidazole rings is 1. The Morgan fingerprint density at radius 3 is 2.68 bits per heavy atom. The number of aryl methyl sites for hydroxylation is 1. The Morgan fingerprint density at radius 1 is 1.11 bits per heavy atom. The van der Waals surface area contributed by atoms with Crippen molar-refractivity contribution in [3.05, 3.63) is 36.5 Å². The van der Waals surface area contributed by atoms with E-state index in [0.717, 1.165) is 39.5 Å². The van der Waals surface area contributed by atoms with Gasteiger partial charge in [-0.2, -0.15) is 0 Å². The SMILES string of the molecule is Cc1nc2ncc(-c3ccn4nc(N[C@H](C)C5CC5)ncc34)cc2n1C(C)C. The first-order valence-electron chi connectivity index (χ1n) is 9.97. The van der Waals surface area contributed by atoms with Crippen LogP contribution in [0.3, 0.4) is 0 Å². The number of aromatic nitrogens is 6. The van der Waals surface area contributed by atoms with Crippen LogP contribution >= 0.6 is 0 Å². The molecule has 0 radical (unpaired) electrons. The number of pyridine rings is 1. The number of nitrogens with zero attached hydrogens (tertiary/aromatic N) is 6. The molecule has 0 saturated heterocycles. The molecule has 28 heavy (non-hydrogen) atoms. The molecule has 4 heterocycles. The van der Waals surface area contributed by atoms with Crippen molar-refractivity contribution in [2.75, 3.05) is 5.32 Å². The summed E-state index contributed by atoms with van der Waals surface area (Å²) in [5, 5.41) is 8.07. The molecule has 7 heteroatoms. The second-order valence-electron chi connectivity index (χ2n) is 8.10. The van der Waals surface area contributed by atoms with Crippen LogP contribution in [0.5, 0.6) is 0 Å². The molecule has 1 atom stereocenters. The molecule has 0 unspecified atom stereocenters. The minimum Gasteiger partial charge on any atom is -0.350 e. The van der Waals surface area contributed by atoms with E-state index in [4.69, 9.17) is 0 Å². The molecule has 7 nitrogen and oxygen atoms in total. The van der Waals surface area contributed by atoms with Gasteiger partial charge in [0.2, 0.25) is 5.95 Å². The Labute approximate surface area is 163 Å². The monoisotopic (exact) mass is 375 g/mol. The highest BCUT2D eigenvalue weighted by atomic mass is 15.3. The molecule has 0 aromatic carbocycles. The van der Waals surface area contributed by atoms with Crippen LogP contribution in [-0.4, -0.2) is 35.2 Å². The second kappa shape index (κ2) is 6.29. The predicted octanol–water partition coefficient (Wildman–Crippen LogP) is 4.24. The smallest absolute Gasteiger partial charge is 0.241 e. The summed E-state index contributed by atoms with van der Waals surface area (Å²) in [7, 11) is 0. The summed E-state index contributed by atoms with van der Waals surface area (Å²) in [6, 6.07) is 4.99. The van der Waals surface area contributed by atoms with Crippen LogP contribution in [-0.2, 0) is 0 Å². The van der Waals surface area contributed by atoms with E-state index in [9.17, 15) is 0 Å². The molecule has 0 amide bonds. The fourth-order valence-corrected chi connectivity index (χ4v) is 4.02. The highest BCUT2D eigenvalue weighted by Gasteiger charge is 2.28. The van der Waals surface area contributed by atoms with Gasteiger partial charge in [0.1, 0.15) is 5.82 Å². The Balaban J connectivity index is 1.54. The van der Waals surface area contributed by atoms with Gasteiger partial charge in [0, 0.05) is 35.6 Å². The third kappa shape index (κ3) is 2.82. The standard InChI is InChI=1S/C21H25N7/c1-12(2)28-14(4)25-20-18(28)9-16(10-22-20)17-7-8-27-19(17)11-23-21(26-27)24-13(3)15-5-6-15/h7-13,15H,5-6H2,1-4H3,(H,24,26)/t13-/m1/s1. The second-order valence-corrected chi connectivity index (χ2v) is 8.10. The largest absolute Gasteiger partial charge is 0.350 e. The molecule has 4 aromatic rings. The molecule has 1 fully saturated rings. The molecule has 0 bridgehead atoms. The van der Waals surface area contributed by atoms with E-state index in [0.29, 0.717) is 18.0 Å². The molecule has 5 rings (SSSR count). The van der Waals surface area contributed by atoms with E-state index in [1.807, 2.05) is 30.0 Å². The first kappa shape index (κ1) is 17.2. The van der Waals surface area contributed by atoms with Crippen molar-refractivity contribution in [1.29, 1.82) is 0 Å². The third-order valence-electron chi connectivity index (χ3n) is 5.65. The van der Waals surface area contributed by atoms with Gasteiger partial charge in [0.15, 0.2) is 5.65 Å². The lowest BCUT2D eigenvalue weighted by molar-refractivity contribution is 0.600. The average Bonchev–Trinajstić information content (AvgIpc) is 3.35. The zero-order valence-corrected chi connectivity index (χ0v) is 16.7. The lowest BCUT2D eigenvalue weighted by atomic mass is 10.1. The summed E-state index contributed by atoms with van der Waals surface area (Å²) >= 11 is 0. The highest BCUT2D eigenvalue weighted by Crippen LogP contribution is 2.34. The summed E-state index contributed by atoms with van der Waals surface area (Å²) in [5.74, 6) is 2.42. The van der Waals surface area contributed by atoms with Crippen molar-refractivity contribution < 1.29 is 0 Å². The summed E-state index contributed by atoms with van der Waals surface area (Å²) < 4.78 is 4.11. The minimum absolute atomic E-state index is 0.332. The van der Waals surface area contributed by atoms with Crippen molar-refractivity contribution in [2.24, 2.45) is 5.92 Å². The fraction of sp³-hybridized carbons (Fsp3) is 0.429. The topological polar surface area (TPSA) is 72.9 Å². The van der Waals surface area contributed by atoms with E-state index < -0.39 is 0 Å². The molecule has 1 N–H and O–H groups in total. The van der Waals surface area contributed by atoms with Gasteiger partial charge in [-0.25, -0.2) is 19.5 Å².